The predicted octanol–water partition coefficient (Wildman–Crippen LogP) is 2.85. The summed E-state index contributed by atoms with van der Waals surface area (Å²) < 4.78 is 5.50. The number of halogens is 1. The molecule has 2 rings (SSSR count). The van der Waals surface area contributed by atoms with Crippen molar-refractivity contribution < 1.29 is 9.84 Å². The van der Waals surface area contributed by atoms with Crippen LogP contribution in [0.4, 0.5) is 0 Å². The number of phenolic OH excluding ortho intramolecular Hbond substituents is 1. The third-order valence-electron chi connectivity index (χ3n) is 4.91. The number of hydrogen-bond donors (Lipinski definition) is 3. The van der Waals surface area contributed by atoms with Gasteiger partial charge in [0.25, 0.3) is 0 Å². The van der Waals surface area contributed by atoms with Gasteiger partial charge in [0, 0.05) is 39.3 Å². The van der Waals surface area contributed by atoms with Crippen LogP contribution in [0, 0.1) is 5.92 Å². The molecule has 1 fully saturated rings. The molecule has 1 unspecified atom stereocenters. The van der Waals surface area contributed by atoms with Crippen molar-refractivity contribution >= 4 is 29.9 Å². The van der Waals surface area contributed by atoms with Gasteiger partial charge in [0.05, 0.1) is 13.2 Å². The van der Waals surface area contributed by atoms with Crippen molar-refractivity contribution in [3.05, 3.63) is 29.8 Å². The Morgan fingerprint density at radius 2 is 1.86 bits per heavy atom. The third kappa shape index (κ3) is 9.43. The van der Waals surface area contributed by atoms with Gasteiger partial charge in [-0.3, -0.25) is 9.89 Å². The third-order valence-corrected chi connectivity index (χ3v) is 4.91. The maximum atomic E-state index is 9.34. The average molecular weight is 504 g/mol. The largest absolute Gasteiger partial charge is 0.508 e. The van der Waals surface area contributed by atoms with Gasteiger partial charge in [-0.1, -0.05) is 26.0 Å². The summed E-state index contributed by atoms with van der Waals surface area (Å²) in [7, 11) is 1.82. The van der Waals surface area contributed by atoms with Gasteiger partial charge in [0.2, 0.25) is 0 Å². The zero-order chi connectivity index (χ0) is 19.5. The molecule has 6 nitrogen and oxygen atoms in total. The van der Waals surface area contributed by atoms with E-state index in [4.69, 9.17) is 4.74 Å². The smallest absolute Gasteiger partial charge is 0.191 e. The first-order valence-electron chi connectivity index (χ1n) is 10.1. The Bertz CT molecular complexity index is 560. The summed E-state index contributed by atoms with van der Waals surface area (Å²) in [5, 5.41) is 16.2. The number of aromatic hydroxyl groups is 1. The zero-order valence-electron chi connectivity index (χ0n) is 17.5. The van der Waals surface area contributed by atoms with Crippen LogP contribution < -0.4 is 10.6 Å². The van der Waals surface area contributed by atoms with E-state index in [2.05, 4.69) is 34.4 Å². The number of nitrogens with zero attached hydrogens (tertiary/aromatic N) is 2. The lowest BCUT2D eigenvalue weighted by molar-refractivity contribution is 0.0132. The molecule has 28 heavy (non-hydrogen) atoms. The SMILES string of the molecule is CN=C(NCCCc1ccc(O)cc1)NCC(CC(C)C)N1CCOCC1.I. The highest BCUT2D eigenvalue weighted by molar-refractivity contribution is 14.0. The Hall–Kier alpha value is -1.06. The molecule has 0 amide bonds. The number of nitrogens with one attached hydrogen (secondary N) is 2. The normalized spacial score (nSPS) is 16.5. The van der Waals surface area contributed by atoms with Gasteiger partial charge in [0.1, 0.15) is 5.75 Å². The van der Waals surface area contributed by atoms with Crippen LogP contribution in [-0.2, 0) is 11.2 Å². The van der Waals surface area contributed by atoms with Gasteiger partial charge >= 0.3 is 0 Å². The minimum absolute atomic E-state index is 0. The van der Waals surface area contributed by atoms with Crippen LogP contribution in [0.25, 0.3) is 0 Å². The molecule has 0 aromatic heterocycles. The molecule has 3 N–H and O–H groups in total. The van der Waals surface area contributed by atoms with Crippen LogP contribution in [0.15, 0.2) is 29.3 Å². The Kier molecular flexibility index (Phi) is 12.5. The van der Waals surface area contributed by atoms with Crippen molar-refractivity contribution in [1.29, 1.82) is 0 Å². The van der Waals surface area contributed by atoms with Gasteiger partial charge in [0.15, 0.2) is 5.96 Å². The second kappa shape index (κ2) is 14.0. The summed E-state index contributed by atoms with van der Waals surface area (Å²) in [5.41, 5.74) is 1.24. The van der Waals surface area contributed by atoms with Crippen molar-refractivity contribution in [3.63, 3.8) is 0 Å². The number of phenols is 1. The fourth-order valence-electron chi connectivity index (χ4n) is 3.45. The van der Waals surface area contributed by atoms with Crippen molar-refractivity contribution in [2.45, 2.75) is 39.2 Å². The minimum Gasteiger partial charge on any atom is -0.508 e. The van der Waals surface area contributed by atoms with Crippen molar-refractivity contribution in [2.24, 2.45) is 10.9 Å². The van der Waals surface area contributed by atoms with E-state index in [-0.39, 0.29) is 24.0 Å². The molecule has 1 saturated heterocycles. The highest BCUT2D eigenvalue weighted by Gasteiger charge is 2.22. The number of aliphatic imine (C=N–C) groups is 1. The van der Waals surface area contributed by atoms with E-state index in [0.717, 1.165) is 58.2 Å². The molecular weight excluding hydrogens is 467 g/mol. The fourth-order valence-corrected chi connectivity index (χ4v) is 3.45. The van der Waals surface area contributed by atoms with E-state index in [9.17, 15) is 5.11 Å². The van der Waals surface area contributed by atoms with E-state index < -0.39 is 0 Å². The van der Waals surface area contributed by atoms with E-state index >= 15 is 0 Å². The molecule has 0 saturated carbocycles. The van der Waals surface area contributed by atoms with Gasteiger partial charge in [-0.2, -0.15) is 0 Å². The molecule has 0 aliphatic carbocycles. The number of aryl methyl sites for hydroxylation is 1. The summed E-state index contributed by atoms with van der Waals surface area (Å²) >= 11 is 0. The molecule has 1 heterocycles. The van der Waals surface area contributed by atoms with Crippen molar-refractivity contribution in [2.75, 3.05) is 46.4 Å². The number of benzene rings is 1. The van der Waals surface area contributed by atoms with E-state index in [1.54, 1.807) is 12.1 Å². The van der Waals surface area contributed by atoms with Gasteiger partial charge in [-0.15, -0.1) is 24.0 Å². The molecular formula is C21H37IN4O2. The summed E-state index contributed by atoms with van der Waals surface area (Å²) in [6.45, 7) is 10.0. The van der Waals surface area contributed by atoms with Crippen molar-refractivity contribution in [1.82, 2.24) is 15.5 Å². The number of guanidine groups is 1. The number of hydrogen-bond acceptors (Lipinski definition) is 4. The van der Waals surface area contributed by atoms with Gasteiger partial charge < -0.3 is 20.5 Å². The maximum absolute atomic E-state index is 9.34. The highest BCUT2D eigenvalue weighted by Crippen LogP contribution is 2.13. The predicted molar refractivity (Wildman–Crippen MR) is 127 cm³/mol. The van der Waals surface area contributed by atoms with Crippen LogP contribution in [0.3, 0.4) is 0 Å². The molecule has 0 spiro atoms. The first-order chi connectivity index (χ1) is 13.1. The summed E-state index contributed by atoms with van der Waals surface area (Å²) in [6.07, 6.45) is 3.17. The lowest BCUT2D eigenvalue weighted by Crippen LogP contribution is -2.51. The number of rotatable bonds is 9. The molecule has 1 aliphatic heterocycles. The minimum atomic E-state index is 0. The second-order valence-electron chi connectivity index (χ2n) is 7.58. The van der Waals surface area contributed by atoms with Crippen LogP contribution >= 0.6 is 24.0 Å². The van der Waals surface area contributed by atoms with Crippen LogP contribution in [0.5, 0.6) is 5.75 Å². The monoisotopic (exact) mass is 504 g/mol. The maximum Gasteiger partial charge on any atom is 0.191 e. The summed E-state index contributed by atoms with van der Waals surface area (Å²) in [4.78, 5) is 6.89. The summed E-state index contributed by atoms with van der Waals surface area (Å²) in [5.74, 6) is 1.85. The van der Waals surface area contributed by atoms with Crippen LogP contribution in [0.1, 0.15) is 32.3 Å². The Morgan fingerprint density at radius 3 is 2.46 bits per heavy atom. The molecule has 0 radical (unpaired) electrons. The molecule has 1 atom stereocenters. The average Bonchev–Trinajstić information content (AvgIpc) is 2.68. The molecule has 7 heteroatoms. The van der Waals surface area contributed by atoms with Gasteiger partial charge in [-0.05, 0) is 42.9 Å². The van der Waals surface area contributed by atoms with E-state index in [0.29, 0.717) is 17.7 Å². The first-order valence-corrected chi connectivity index (χ1v) is 10.1. The molecule has 1 aromatic rings. The quantitative estimate of drug-likeness (QED) is 0.209. The zero-order valence-corrected chi connectivity index (χ0v) is 19.8. The Morgan fingerprint density at radius 1 is 1.18 bits per heavy atom. The lowest BCUT2D eigenvalue weighted by Gasteiger charge is -2.35. The number of morpholine rings is 1. The second-order valence-corrected chi connectivity index (χ2v) is 7.58. The molecule has 0 bridgehead atoms. The standard InChI is InChI=1S/C21H36N4O2.HI/c1-17(2)15-19(25-11-13-27-14-12-25)16-24-21(22-3)23-10-4-5-18-6-8-20(26)9-7-18;/h6-9,17,19,26H,4-5,10-16H2,1-3H3,(H2,22,23,24);1H. The van der Waals surface area contributed by atoms with Crippen LogP contribution in [-0.4, -0.2) is 68.4 Å². The van der Waals surface area contributed by atoms with Gasteiger partial charge in [-0.25, -0.2) is 0 Å². The first kappa shape index (κ1) is 25.0. The summed E-state index contributed by atoms with van der Waals surface area (Å²) in [6, 6.07) is 7.93. The van der Waals surface area contributed by atoms with E-state index in [1.165, 1.54) is 12.0 Å². The molecule has 160 valence electrons. The Balaban J connectivity index is 0.00000392. The molecule has 1 aliphatic rings. The Labute approximate surface area is 187 Å². The van der Waals surface area contributed by atoms with Crippen LogP contribution in [0.2, 0.25) is 0 Å². The topological polar surface area (TPSA) is 69.1 Å². The molecule has 1 aromatic carbocycles. The lowest BCUT2D eigenvalue weighted by atomic mass is 10.0. The van der Waals surface area contributed by atoms with Crippen molar-refractivity contribution in [3.8, 4) is 5.75 Å². The van der Waals surface area contributed by atoms with E-state index in [1.807, 2.05) is 19.2 Å². The number of ether oxygens (including phenoxy) is 1. The fraction of sp³-hybridized carbons (Fsp3) is 0.667. The highest BCUT2D eigenvalue weighted by atomic mass is 127.